The molecule has 0 aliphatic carbocycles. The largest absolute Gasteiger partial charge is 0.335 e. The third-order valence-electron chi connectivity index (χ3n) is 4.25. The van der Waals surface area contributed by atoms with Crippen LogP contribution in [0, 0.1) is 0 Å². The molecule has 0 aliphatic rings. The molecule has 0 aliphatic heterocycles. The van der Waals surface area contributed by atoms with Gasteiger partial charge in [-0.3, -0.25) is 14.2 Å². The number of carbonyl (C=O) groups excluding carboxylic acids is 1. The summed E-state index contributed by atoms with van der Waals surface area (Å²) in [6, 6.07) is 9.48. The van der Waals surface area contributed by atoms with Crippen LogP contribution in [0.1, 0.15) is 28.9 Å². The molecular weight excluding hydrogens is 384 g/mol. The number of benzene rings is 1. The molecule has 0 fully saturated rings. The highest BCUT2D eigenvalue weighted by molar-refractivity contribution is 7.94. The van der Waals surface area contributed by atoms with E-state index in [1.165, 1.54) is 0 Å². The molecule has 27 heavy (non-hydrogen) atoms. The minimum atomic E-state index is -3.60. The Labute approximate surface area is 162 Å². The van der Waals surface area contributed by atoms with Gasteiger partial charge in [-0.2, -0.15) is 5.10 Å². The first-order valence-corrected chi connectivity index (χ1v) is 10.6. The Kier molecular flexibility index (Phi) is 5.33. The fraction of sp³-hybridized carbons (Fsp3) is 0.222. The smallest absolute Gasteiger partial charge is 0.271 e. The Balaban J connectivity index is 1.72. The predicted octanol–water partition coefficient (Wildman–Crippen LogP) is 3.12. The molecule has 1 aromatic carbocycles. The normalized spacial score (nSPS) is 12.6. The van der Waals surface area contributed by atoms with E-state index < -0.39 is 10.0 Å². The average molecular weight is 405 g/mol. The molecule has 0 saturated heterocycles. The fourth-order valence-electron chi connectivity index (χ4n) is 2.56. The van der Waals surface area contributed by atoms with Gasteiger partial charge in [-0.15, -0.1) is 11.3 Å². The Bertz CT molecular complexity index is 1030. The van der Waals surface area contributed by atoms with Crippen molar-refractivity contribution in [1.82, 2.24) is 14.7 Å². The fourth-order valence-corrected chi connectivity index (χ4v) is 4.61. The van der Waals surface area contributed by atoms with Crippen molar-refractivity contribution in [3.63, 3.8) is 0 Å². The summed E-state index contributed by atoms with van der Waals surface area (Å²) in [6.07, 6.45) is 3.60. The Morgan fingerprint density at radius 3 is 2.52 bits per heavy atom. The molecule has 3 aromatic rings. The van der Waals surface area contributed by atoms with E-state index >= 15 is 0 Å². The number of nitrogens with one attached hydrogen (secondary N) is 1. The molecule has 1 amide bonds. The maximum atomic E-state index is 12.7. The lowest BCUT2D eigenvalue weighted by Crippen LogP contribution is -2.29. The van der Waals surface area contributed by atoms with Gasteiger partial charge in [0, 0.05) is 37.1 Å². The average Bonchev–Trinajstić information content (AvgIpc) is 3.32. The van der Waals surface area contributed by atoms with Crippen LogP contribution >= 0.6 is 11.3 Å². The minimum absolute atomic E-state index is 0.136. The van der Waals surface area contributed by atoms with Crippen LogP contribution in [0.4, 0.5) is 5.69 Å². The summed E-state index contributed by atoms with van der Waals surface area (Å²) in [5.41, 5.74) is 1.82. The van der Waals surface area contributed by atoms with Crippen molar-refractivity contribution >= 4 is 33.0 Å². The van der Waals surface area contributed by atoms with E-state index in [4.69, 9.17) is 0 Å². The summed E-state index contributed by atoms with van der Waals surface area (Å²) in [7, 11) is -0.0457. The zero-order valence-corrected chi connectivity index (χ0v) is 16.8. The monoisotopic (exact) mass is 404 g/mol. The van der Waals surface area contributed by atoms with Gasteiger partial charge in [-0.25, -0.2) is 8.42 Å². The van der Waals surface area contributed by atoms with E-state index in [1.807, 2.05) is 20.2 Å². The third-order valence-corrected chi connectivity index (χ3v) is 7.03. The van der Waals surface area contributed by atoms with Gasteiger partial charge in [0.1, 0.15) is 4.21 Å². The van der Waals surface area contributed by atoms with Gasteiger partial charge in [0.15, 0.2) is 0 Å². The van der Waals surface area contributed by atoms with Gasteiger partial charge in [-0.1, -0.05) is 6.07 Å². The van der Waals surface area contributed by atoms with E-state index in [0.29, 0.717) is 11.3 Å². The quantitative estimate of drug-likeness (QED) is 0.684. The lowest BCUT2D eigenvalue weighted by Gasteiger charge is -2.24. The maximum absolute atomic E-state index is 12.7. The molecule has 1 atom stereocenters. The molecular formula is C18H20N4O3S2. The van der Waals surface area contributed by atoms with Gasteiger partial charge < -0.3 is 4.90 Å². The molecule has 0 spiro atoms. The van der Waals surface area contributed by atoms with Crippen LogP contribution < -0.4 is 4.72 Å². The molecule has 2 aromatic heterocycles. The highest BCUT2D eigenvalue weighted by Crippen LogP contribution is 2.23. The Morgan fingerprint density at radius 1 is 1.26 bits per heavy atom. The van der Waals surface area contributed by atoms with Crippen molar-refractivity contribution in [3.8, 4) is 0 Å². The summed E-state index contributed by atoms with van der Waals surface area (Å²) >= 11 is 1.15. The number of sulfonamides is 1. The number of aromatic nitrogens is 2. The van der Waals surface area contributed by atoms with Gasteiger partial charge in [0.05, 0.1) is 12.2 Å². The van der Waals surface area contributed by atoms with E-state index in [0.717, 1.165) is 16.9 Å². The lowest BCUT2D eigenvalue weighted by atomic mass is 10.1. The number of carbonyl (C=O) groups is 1. The van der Waals surface area contributed by atoms with E-state index in [2.05, 4.69) is 9.82 Å². The van der Waals surface area contributed by atoms with Crippen molar-refractivity contribution in [2.24, 2.45) is 7.05 Å². The summed E-state index contributed by atoms with van der Waals surface area (Å²) in [6.45, 7) is 1.93. The standard InChI is InChI=1S/C18H20N4O3S2/c1-13(15-11-19-21(2)12-15)22(3)18(23)14-6-8-16(9-7-14)20-27(24,25)17-5-4-10-26-17/h4-13,20H,1-3H3/t13-/m0/s1. The van der Waals surface area contributed by atoms with Crippen LogP contribution in [-0.4, -0.2) is 36.1 Å². The minimum Gasteiger partial charge on any atom is -0.335 e. The lowest BCUT2D eigenvalue weighted by molar-refractivity contribution is 0.0742. The third kappa shape index (κ3) is 4.20. The first-order valence-electron chi connectivity index (χ1n) is 8.20. The van der Waals surface area contributed by atoms with Crippen molar-refractivity contribution in [3.05, 3.63) is 65.3 Å². The predicted molar refractivity (Wildman–Crippen MR) is 105 cm³/mol. The Hall–Kier alpha value is -2.65. The molecule has 3 rings (SSSR count). The molecule has 142 valence electrons. The van der Waals surface area contributed by atoms with Crippen LogP contribution in [0.15, 0.2) is 58.4 Å². The number of amides is 1. The van der Waals surface area contributed by atoms with Gasteiger partial charge in [-0.05, 0) is 42.6 Å². The van der Waals surface area contributed by atoms with E-state index in [9.17, 15) is 13.2 Å². The van der Waals surface area contributed by atoms with Crippen LogP contribution in [0.5, 0.6) is 0 Å². The highest BCUT2D eigenvalue weighted by Gasteiger charge is 2.20. The summed E-state index contributed by atoms with van der Waals surface area (Å²) < 4.78 is 29.0. The van der Waals surface area contributed by atoms with E-state index in [-0.39, 0.29) is 16.2 Å². The number of aryl methyl sites for hydroxylation is 1. The molecule has 2 heterocycles. The van der Waals surface area contributed by atoms with Crippen LogP contribution in [-0.2, 0) is 17.1 Å². The number of anilines is 1. The molecule has 7 nitrogen and oxygen atoms in total. The molecule has 0 unspecified atom stereocenters. The molecule has 1 N–H and O–H groups in total. The van der Waals surface area contributed by atoms with Gasteiger partial charge in [0.2, 0.25) is 0 Å². The molecule has 0 saturated carbocycles. The number of nitrogens with zero attached hydrogens (tertiary/aromatic N) is 3. The zero-order valence-electron chi connectivity index (χ0n) is 15.2. The maximum Gasteiger partial charge on any atom is 0.271 e. The van der Waals surface area contributed by atoms with Crippen molar-refractivity contribution in [1.29, 1.82) is 0 Å². The van der Waals surface area contributed by atoms with Crippen LogP contribution in [0.2, 0.25) is 0 Å². The van der Waals surface area contributed by atoms with Gasteiger partial charge in [0.25, 0.3) is 15.9 Å². The second kappa shape index (κ2) is 7.53. The Morgan fingerprint density at radius 2 is 1.96 bits per heavy atom. The second-order valence-corrected chi connectivity index (χ2v) is 9.01. The van der Waals surface area contributed by atoms with Crippen LogP contribution in [0.3, 0.4) is 0 Å². The number of rotatable bonds is 6. The van der Waals surface area contributed by atoms with Crippen molar-refractivity contribution in [2.75, 3.05) is 11.8 Å². The molecule has 9 heteroatoms. The second-order valence-electron chi connectivity index (χ2n) is 6.15. The first-order chi connectivity index (χ1) is 12.8. The SMILES string of the molecule is C[C@@H](c1cnn(C)c1)N(C)C(=O)c1ccc(NS(=O)(=O)c2cccs2)cc1. The summed E-state index contributed by atoms with van der Waals surface area (Å²) in [4.78, 5) is 14.3. The van der Waals surface area contributed by atoms with Crippen molar-refractivity contribution in [2.45, 2.75) is 17.2 Å². The number of hydrogen-bond acceptors (Lipinski definition) is 5. The highest BCUT2D eigenvalue weighted by atomic mass is 32.2. The summed E-state index contributed by atoms with van der Waals surface area (Å²) in [5.74, 6) is -0.154. The van der Waals surface area contributed by atoms with Gasteiger partial charge >= 0.3 is 0 Å². The summed E-state index contributed by atoms with van der Waals surface area (Å²) in [5, 5.41) is 5.84. The van der Waals surface area contributed by atoms with Crippen LogP contribution in [0.25, 0.3) is 0 Å². The zero-order chi connectivity index (χ0) is 19.6. The molecule has 0 bridgehead atoms. The number of hydrogen-bond donors (Lipinski definition) is 1. The van der Waals surface area contributed by atoms with E-state index in [1.54, 1.807) is 64.6 Å². The van der Waals surface area contributed by atoms with Crippen molar-refractivity contribution < 1.29 is 13.2 Å². The topological polar surface area (TPSA) is 84.3 Å². The first kappa shape index (κ1) is 19.1. The molecule has 0 radical (unpaired) electrons. The number of thiophene rings is 1.